The molecule has 0 amide bonds. The summed E-state index contributed by atoms with van der Waals surface area (Å²) in [5, 5.41) is 2.26. The van der Waals surface area contributed by atoms with Crippen molar-refractivity contribution in [1.29, 1.82) is 0 Å². The van der Waals surface area contributed by atoms with E-state index in [4.69, 9.17) is 19.9 Å². The molecule has 5 heterocycles. The van der Waals surface area contributed by atoms with Gasteiger partial charge in [-0.25, -0.2) is 29.9 Å². The fourth-order valence-electron chi connectivity index (χ4n) is 9.27. The summed E-state index contributed by atoms with van der Waals surface area (Å²) in [6.45, 7) is 9.24. The molecule has 0 radical (unpaired) electrons. The summed E-state index contributed by atoms with van der Waals surface area (Å²) in [6, 6.07) is 28.4. The van der Waals surface area contributed by atoms with Gasteiger partial charge in [0.2, 0.25) is 0 Å². The van der Waals surface area contributed by atoms with Crippen molar-refractivity contribution in [1.82, 2.24) is 39.0 Å². The minimum atomic E-state index is -0.205. The van der Waals surface area contributed by atoms with Gasteiger partial charge in [0.25, 0.3) is 0 Å². The zero-order valence-electron chi connectivity index (χ0n) is 28.0. The minimum absolute atomic E-state index is 0.205. The summed E-state index contributed by atoms with van der Waals surface area (Å²) in [6.07, 6.45) is 8.71. The molecule has 0 unspecified atom stereocenters. The molecule has 5 aromatic heterocycles. The van der Waals surface area contributed by atoms with E-state index in [1.54, 1.807) is 19.0 Å². The molecule has 238 valence electrons. The van der Waals surface area contributed by atoms with E-state index in [-0.39, 0.29) is 10.8 Å². The molecular formula is C42H30N8. The Morgan fingerprint density at radius 3 is 1.40 bits per heavy atom. The highest BCUT2D eigenvalue weighted by molar-refractivity contribution is 6.13. The van der Waals surface area contributed by atoms with E-state index < -0.39 is 0 Å². The topological polar surface area (TPSA) is 87.2 Å². The maximum absolute atomic E-state index is 4.88. The molecule has 0 saturated heterocycles. The highest BCUT2D eigenvalue weighted by Crippen LogP contribution is 2.54. The summed E-state index contributed by atoms with van der Waals surface area (Å²) in [5.41, 5.74) is 15.6. The van der Waals surface area contributed by atoms with Gasteiger partial charge in [0.15, 0.2) is 0 Å². The Kier molecular flexibility index (Phi) is 5.11. The SMILES string of the molecule is CC1(C)c2ccccc2-c2ccc3c(c21)c1ncncc1n3-c1cc(-n2c3cncnc3c3c4c(ccc32)-c2ccccc2C4(C)C)ncn1. The van der Waals surface area contributed by atoms with Crippen LogP contribution < -0.4 is 0 Å². The average Bonchev–Trinajstić information content (AvgIpc) is 3.80. The number of fused-ring (bicyclic) bond motifs is 14. The van der Waals surface area contributed by atoms with Crippen molar-refractivity contribution in [2.24, 2.45) is 0 Å². The van der Waals surface area contributed by atoms with E-state index in [0.29, 0.717) is 0 Å². The van der Waals surface area contributed by atoms with Crippen LogP contribution in [0, 0.1) is 0 Å². The summed E-state index contributed by atoms with van der Waals surface area (Å²) < 4.78 is 4.36. The first-order valence-electron chi connectivity index (χ1n) is 16.9. The van der Waals surface area contributed by atoms with Crippen LogP contribution in [0.4, 0.5) is 0 Å². The van der Waals surface area contributed by atoms with Crippen molar-refractivity contribution in [2.45, 2.75) is 38.5 Å². The first kappa shape index (κ1) is 27.6. The summed E-state index contributed by atoms with van der Waals surface area (Å²) in [4.78, 5) is 28.5. The maximum Gasteiger partial charge on any atom is 0.143 e. The predicted molar refractivity (Wildman–Crippen MR) is 197 cm³/mol. The molecule has 0 N–H and O–H groups in total. The number of aromatic nitrogens is 8. The Hall–Kier alpha value is -6.28. The lowest BCUT2D eigenvalue weighted by Gasteiger charge is -2.22. The molecule has 0 spiro atoms. The summed E-state index contributed by atoms with van der Waals surface area (Å²) in [5.74, 6) is 1.47. The molecule has 0 atom stereocenters. The Labute approximate surface area is 287 Å². The minimum Gasteiger partial charge on any atom is -0.290 e. The van der Waals surface area contributed by atoms with Crippen LogP contribution in [0.5, 0.6) is 0 Å². The lowest BCUT2D eigenvalue weighted by Crippen LogP contribution is -2.15. The number of hydrogen-bond acceptors (Lipinski definition) is 6. The molecule has 11 rings (SSSR count). The van der Waals surface area contributed by atoms with E-state index in [2.05, 4.69) is 126 Å². The number of hydrogen-bond donors (Lipinski definition) is 0. The van der Waals surface area contributed by atoms with E-state index in [0.717, 1.165) is 55.5 Å². The Morgan fingerprint density at radius 2 is 0.920 bits per heavy atom. The van der Waals surface area contributed by atoms with Crippen molar-refractivity contribution in [3.63, 3.8) is 0 Å². The van der Waals surface area contributed by atoms with Gasteiger partial charge in [0.1, 0.15) is 41.7 Å². The van der Waals surface area contributed by atoms with Gasteiger partial charge in [0, 0.05) is 27.7 Å². The van der Waals surface area contributed by atoms with E-state index in [1.165, 1.54) is 44.5 Å². The number of rotatable bonds is 2. The van der Waals surface area contributed by atoms with Crippen LogP contribution in [0.3, 0.4) is 0 Å². The van der Waals surface area contributed by atoms with Crippen molar-refractivity contribution >= 4 is 43.9 Å². The van der Waals surface area contributed by atoms with Gasteiger partial charge in [-0.3, -0.25) is 9.13 Å². The molecule has 9 aromatic rings. The molecule has 2 aliphatic rings. The van der Waals surface area contributed by atoms with Crippen molar-refractivity contribution in [3.8, 4) is 33.9 Å². The van der Waals surface area contributed by atoms with Gasteiger partial charge in [-0.15, -0.1) is 0 Å². The van der Waals surface area contributed by atoms with E-state index >= 15 is 0 Å². The molecule has 50 heavy (non-hydrogen) atoms. The van der Waals surface area contributed by atoms with Crippen LogP contribution in [0.1, 0.15) is 49.9 Å². The van der Waals surface area contributed by atoms with E-state index in [9.17, 15) is 0 Å². The third kappa shape index (κ3) is 3.26. The standard InChI is InChI=1S/C42H30N8/c1-41(2)27-11-7-5-9-23(27)25-13-15-29-35(37(25)41)39-31(18-43-20-47-39)49(29)33-17-34(46-22-45-33)50-30-16-14-26-24-10-6-8-12-28(24)42(3,4)38(26)36(30)40-32(50)19-44-21-48-40/h5-22H,1-4H3. The first-order valence-corrected chi connectivity index (χ1v) is 16.9. The molecule has 0 aliphatic heterocycles. The van der Waals surface area contributed by atoms with Gasteiger partial charge in [0.05, 0.1) is 34.5 Å². The fraction of sp³-hybridized carbons (Fsp3) is 0.143. The lowest BCUT2D eigenvalue weighted by atomic mass is 9.81. The zero-order chi connectivity index (χ0) is 33.5. The van der Waals surface area contributed by atoms with Crippen molar-refractivity contribution < 1.29 is 0 Å². The van der Waals surface area contributed by atoms with Gasteiger partial charge >= 0.3 is 0 Å². The first-order chi connectivity index (χ1) is 24.4. The van der Waals surface area contributed by atoms with Crippen LogP contribution >= 0.6 is 0 Å². The molecule has 4 aromatic carbocycles. The van der Waals surface area contributed by atoms with Gasteiger partial charge in [-0.2, -0.15) is 0 Å². The third-order valence-electron chi connectivity index (χ3n) is 11.3. The van der Waals surface area contributed by atoms with Crippen LogP contribution in [-0.4, -0.2) is 39.0 Å². The van der Waals surface area contributed by atoms with E-state index in [1.807, 2.05) is 12.4 Å². The lowest BCUT2D eigenvalue weighted by molar-refractivity contribution is 0.666. The zero-order valence-corrected chi connectivity index (χ0v) is 28.0. The molecule has 0 saturated carbocycles. The quantitative estimate of drug-likeness (QED) is 0.187. The van der Waals surface area contributed by atoms with Gasteiger partial charge in [-0.1, -0.05) is 88.4 Å². The number of benzene rings is 4. The van der Waals surface area contributed by atoms with Gasteiger partial charge in [-0.05, 0) is 56.6 Å². The number of nitrogens with zero attached hydrogens (tertiary/aromatic N) is 8. The summed E-state index contributed by atoms with van der Waals surface area (Å²) in [7, 11) is 0. The highest BCUT2D eigenvalue weighted by atomic mass is 15.1. The second-order valence-electron chi connectivity index (χ2n) is 14.5. The monoisotopic (exact) mass is 646 g/mol. The van der Waals surface area contributed by atoms with Crippen molar-refractivity contribution in [2.75, 3.05) is 0 Å². The van der Waals surface area contributed by atoms with Crippen LogP contribution in [0.2, 0.25) is 0 Å². The highest BCUT2D eigenvalue weighted by Gasteiger charge is 2.40. The third-order valence-corrected chi connectivity index (χ3v) is 11.3. The predicted octanol–water partition coefficient (Wildman–Crippen LogP) is 8.86. The van der Waals surface area contributed by atoms with Crippen molar-refractivity contribution in [3.05, 3.63) is 132 Å². The van der Waals surface area contributed by atoms with Crippen LogP contribution in [0.25, 0.3) is 77.8 Å². The Balaban J connectivity index is 1.18. The fourth-order valence-corrected chi connectivity index (χ4v) is 9.27. The van der Waals surface area contributed by atoms with Crippen LogP contribution in [0.15, 0.2) is 110 Å². The second-order valence-corrected chi connectivity index (χ2v) is 14.5. The largest absolute Gasteiger partial charge is 0.290 e. The molecule has 2 aliphatic carbocycles. The molecular weight excluding hydrogens is 617 g/mol. The average molecular weight is 647 g/mol. The summed E-state index contributed by atoms with van der Waals surface area (Å²) >= 11 is 0. The Morgan fingerprint density at radius 1 is 0.460 bits per heavy atom. The normalized spacial score (nSPS) is 15.1. The smallest absolute Gasteiger partial charge is 0.143 e. The Bertz CT molecular complexity index is 2750. The molecule has 8 heteroatoms. The second kappa shape index (κ2) is 9.24. The van der Waals surface area contributed by atoms with Gasteiger partial charge < -0.3 is 0 Å². The molecule has 0 bridgehead atoms. The van der Waals surface area contributed by atoms with Crippen LogP contribution in [-0.2, 0) is 10.8 Å². The molecule has 8 nitrogen and oxygen atoms in total. The maximum atomic E-state index is 4.88. The molecule has 0 fully saturated rings.